The van der Waals surface area contributed by atoms with Gasteiger partial charge in [-0.1, -0.05) is 27.2 Å². The smallest absolute Gasteiger partial charge is 0.0906 e. The van der Waals surface area contributed by atoms with Crippen molar-refractivity contribution in [2.75, 3.05) is 13.2 Å². The summed E-state index contributed by atoms with van der Waals surface area (Å²) in [4.78, 5) is 0. The number of hydrogen-bond donors (Lipinski definition) is 1. The van der Waals surface area contributed by atoms with E-state index >= 15 is 0 Å². The molecule has 1 aliphatic carbocycles. The Morgan fingerprint density at radius 3 is 2.42 bits per heavy atom. The summed E-state index contributed by atoms with van der Waals surface area (Å²) in [5, 5.41) is 21.2. The number of aliphatic hydroxyl groups is 1. The SMILES string of the molecule is CC1CCC(C(C)C)C(O)(C2(C#N)CCOCC2)C1. The molecule has 0 aromatic rings. The van der Waals surface area contributed by atoms with Crippen LogP contribution in [0.2, 0.25) is 0 Å². The molecule has 0 spiro atoms. The van der Waals surface area contributed by atoms with Crippen LogP contribution < -0.4 is 0 Å². The second kappa shape index (κ2) is 5.42. The van der Waals surface area contributed by atoms with Gasteiger partial charge in [0.15, 0.2) is 0 Å². The Labute approximate surface area is 117 Å². The Balaban J connectivity index is 2.36. The predicted octanol–water partition coefficient (Wildman–Crippen LogP) is 3.13. The first-order valence-corrected chi connectivity index (χ1v) is 7.66. The lowest BCUT2D eigenvalue weighted by atomic mass is 9.54. The molecule has 1 saturated heterocycles. The molecule has 108 valence electrons. The van der Waals surface area contributed by atoms with Gasteiger partial charge in [0.1, 0.15) is 0 Å². The van der Waals surface area contributed by atoms with Crippen LogP contribution in [0.5, 0.6) is 0 Å². The van der Waals surface area contributed by atoms with Gasteiger partial charge in [0.2, 0.25) is 0 Å². The summed E-state index contributed by atoms with van der Waals surface area (Å²) >= 11 is 0. The summed E-state index contributed by atoms with van der Waals surface area (Å²) in [6.07, 6.45) is 4.33. The highest BCUT2D eigenvalue weighted by molar-refractivity contribution is 5.16. The van der Waals surface area contributed by atoms with E-state index < -0.39 is 11.0 Å². The molecule has 19 heavy (non-hydrogen) atoms. The molecule has 2 rings (SSSR count). The minimum absolute atomic E-state index is 0.237. The number of ether oxygens (including phenoxy) is 1. The monoisotopic (exact) mass is 265 g/mol. The predicted molar refractivity (Wildman–Crippen MR) is 74.4 cm³/mol. The van der Waals surface area contributed by atoms with Crippen LogP contribution in [0.4, 0.5) is 0 Å². The molecule has 0 radical (unpaired) electrons. The average molecular weight is 265 g/mol. The van der Waals surface area contributed by atoms with E-state index in [9.17, 15) is 10.4 Å². The summed E-state index contributed by atoms with van der Waals surface area (Å²) in [7, 11) is 0. The molecule has 3 atom stereocenters. The van der Waals surface area contributed by atoms with Crippen molar-refractivity contribution in [3.8, 4) is 6.07 Å². The molecule has 0 bridgehead atoms. The van der Waals surface area contributed by atoms with Gasteiger partial charge in [0.05, 0.1) is 17.1 Å². The Bertz CT molecular complexity index is 354. The molecule has 1 heterocycles. The maximum Gasteiger partial charge on any atom is 0.0906 e. The second-order valence-electron chi connectivity index (χ2n) is 6.97. The molecule has 1 aliphatic heterocycles. The van der Waals surface area contributed by atoms with Crippen LogP contribution in [0.3, 0.4) is 0 Å². The normalized spacial score (nSPS) is 38.9. The van der Waals surface area contributed by atoms with Crippen molar-refractivity contribution in [3.63, 3.8) is 0 Å². The van der Waals surface area contributed by atoms with Gasteiger partial charge in [-0.25, -0.2) is 0 Å². The van der Waals surface area contributed by atoms with Gasteiger partial charge in [0, 0.05) is 13.2 Å². The summed E-state index contributed by atoms with van der Waals surface area (Å²) in [6.45, 7) is 7.77. The zero-order valence-corrected chi connectivity index (χ0v) is 12.5. The minimum Gasteiger partial charge on any atom is -0.388 e. The van der Waals surface area contributed by atoms with Crippen LogP contribution in [0.1, 0.15) is 52.9 Å². The fourth-order valence-electron chi connectivity index (χ4n) is 4.28. The third-order valence-corrected chi connectivity index (χ3v) is 5.44. The number of nitriles is 1. The molecule has 1 saturated carbocycles. The third kappa shape index (κ3) is 2.41. The minimum atomic E-state index is -0.836. The van der Waals surface area contributed by atoms with Crippen molar-refractivity contribution in [3.05, 3.63) is 0 Å². The van der Waals surface area contributed by atoms with Crippen LogP contribution >= 0.6 is 0 Å². The molecule has 1 N–H and O–H groups in total. The molecular weight excluding hydrogens is 238 g/mol. The highest BCUT2D eigenvalue weighted by Crippen LogP contribution is 2.54. The standard InChI is InChI=1S/C16H27NO2/c1-12(2)14-5-4-13(3)10-16(14,18)15(11-17)6-8-19-9-7-15/h12-14,18H,4-10H2,1-3H3. The first-order chi connectivity index (χ1) is 8.95. The van der Waals surface area contributed by atoms with Gasteiger partial charge in [-0.2, -0.15) is 5.26 Å². The lowest BCUT2D eigenvalue weighted by molar-refractivity contribution is -0.173. The zero-order chi connectivity index (χ0) is 14.1. The molecule has 0 aromatic carbocycles. The highest BCUT2D eigenvalue weighted by atomic mass is 16.5. The Kier molecular flexibility index (Phi) is 4.23. The Morgan fingerprint density at radius 1 is 1.26 bits per heavy atom. The summed E-state index contributed by atoms with van der Waals surface area (Å²) in [6, 6.07) is 2.50. The molecule has 3 nitrogen and oxygen atoms in total. The largest absolute Gasteiger partial charge is 0.388 e. The Hall–Kier alpha value is -0.590. The lowest BCUT2D eigenvalue weighted by Gasteiger charge is -2.54. The molecule has 2 fully saturated rings. The van der Waals surface area contributed by atoms with Crippen molar-refractivity contribution in [2.24, 2.45) is 23.2 Å². The van der Waals surface area contributed by atoms with E-state index in [0.29, 0.717) is 37.9 Å². The fraction of sp³-hybridized carbons (Fsp3) is 0.938. The van der Waals surface area contributed by atoms with Crippen LogP contribution in [-0.4, -0.2) is 23.9 Å². The quantitative estimate of drug-likeness (QED) is 0.834. The van der Waals surface area contributed by atoms with E-state index in [1.807, 2.05) is 0 Å². The van der Waals surface area contributed by atoms with Crippen molar-refractivity contribution in [1.29, 1.82) is 5.26 Å². The summed E-state index contributed by atoms with van der Waals surface area (Å²) < 4.78 is 5.42. The van der Waals surface area contributed by atoms with E-state index in [2.05, 4.69) is 26.8 Å². The van der Waals surface area contributed by atoms with Crippen LogP contribution in [-0.2, 0) is 4.74 Å². The highest BCUT2D eigenvalue weighted by Gasteiger charge is 2.57. The van der Waals surface area contributed by atoms with E-state index in [4.69, 9.17) is 4.74 Å². The van der Waals surface area contributed by atoms with Gasteiger partial charge in [-0.3, -0.25) is 0 Å². The fourth-order valence-corrected chi connectivity index (χ4v) is 4.28. The summed E-state index contributed by atoms with van der Waals surface area (Å²) in [5.41, 5.74) is -1.44. The van der Waals surface area contributed by atoms with Crippen LogP contribution in [0.15, 0.2) is 0 Å². The molecule has 2 aliphatic rings. The van der Waals surface area contributed by atoms with Gasteiger partial charge in [0.25, 0.3) is 0 Å². The lowest BCUT2D eigenvalue weighted by Crippen LogP contribution is -2.59. The summed E-state index contributed by atoms with van der Waals surface area (Å²) in [5.74, 6) is 1.17. The van der Waals surface area contributed by atoms with Crippen molar-refractivity contribution >= 4 is 0 Å². The van der Waals surface area contributed by atoms with Gasteiger partial charge >= 0.3 is 0 Å². The maximum absolute atomic E-state index is 11.5. The average Bonchev–Trinajstić information content (AvgIpc) is 2.38. The molecule has 0 aromatic heterocycles. The van der Waals surface area contributed by atoms with Crippen molar-refractivity contribution < 1.29 is 9.84 Å². The first-order valence-electron chi connectivity index (χ1n) is 7.66. The van der Waals surface area contributed by atoms with E-state index in [1.54, 1.807) is 0 Å². The van der Waals surface area contributed by atoms with Gasteiger partial charge < -0.3 is 9.84 Å². The first kappa shape index (κ1) is 14.8. The number of nitrogens with zero attached hydrogens (tertiary/aromatic N) is 1. The number of hydrogen-bond acceptors (Lipinski definition) is 3. The van der Waals surface area contributed by atoms with Crippen molar-refractivity contribution in [2.45, 2.75) is 58.5 Å². The topological polar surface area (TPSA) is 53.2 Å². The maximum atomic E-state index is 11.5. The van der Waals surface area contributed by atoms with Crippen molar-refractivity contribution in [1.82, 2.24) is 0 Å². The second-order valence-corrected chi connectivity index (χ2v) is 6.97. The van der Waals surface area contributed by atoms with E-state index in [1.165, 1.54) is 6.42 Å². The Morgan fingerprint density at radius 2 is 1.89 bits per heavy atom. The molecule has 3 unspecified atom stereocenters. The molecular formula is C16H27NO2. The molecule has 3 heteroatoms. The van der Waals surface area contributed by atoms with E-state index in [0.717, 1.165) is 12.8 Å². The van der Waals surface area contributed by atoms with Crippen LogP contribution in [0.25, 0.3) is 0 Å². The number of rotatable bonds is 2. The van der Waals surface area contributed by atoms with Gasteiger partial charge in [-0.05, 0) is 43.4 Å². The molecule has 0 amide bonds. The van der Waals surface area contributed by atoms with Crippen LogP contribution in [0, 0.1) is 34.5 Å². The van der Waals surface area contributed by atoms with Gasteiger partial charge in [-0.15, -0.1) is 0 Å². The van der Waals surface area contributed by atoms with E-state index in [-0.39, 0.29) is 5.92 Å². The zero-order valence-electron chi connectivity index (χ0n) is 12.5. The third-order valence-electron chi connectivity index (χ3n) is 5.44.